The third-order valence-electron chi connectivity index (χ3n) is 3.22. The minimum absolute atomic E-state index is 0.0244. The maximum atomic E-state index is 11.0. The fraction of sp³-hybridized carbons (Fsp3) is 0.500. The van der Waals surface area contributed by atoms with E-state index in [-0.39, 0.29) is 16.1 Å². The summed E-state index contributed by atoms with van der Waals surface area (Å²) in [5, 5.41) is 12.4. The van der Waals surface area contributed by atoms with E-state index in [1.54, 1.807) is 0 Å². The highest BCUT2D eigenvalue weighted by Crippen LogP contribution is 2.32. The monoisotopic (exact) mass is 254 g/mol. The number of nitrogens with zero attached hydrogens (tertiary/aromatic N) is 1. The predicted octanol–water partition coefficient (Wildman–Crippen LogP) is 3.18. The summed E-state index contributed by atoms with van der Waals surface area (Å²) in [5.41, 5.74) is 0.113. The van der Waals surface area contributed by atoms with Gasteiger partial charge in [-0.1, -0.05) is 24.4 Å². The van der Waals surface area contributed by atoms with Gasteiger partial charge in [-0.05, 0) is 25.8 Å². The normalized spacial score (nSPS) is 18.0. The Morgan fingerprint density at radius 3 is 2.76 bits per heavy atom. The molecule has 2 N–H and O–H groups in total. The molecule has 0 radical (unpaired) electrons. The molecular weight excluding hydrogens is 240 g/mol. The summed E-state index contributed by atoms with van der Waals surface area (Å²) < 4.78 is 0. The first-order valence-corrected chi connectivity index (χ1v) is 6.05. The number of aromatic nitrogens is 1. The van der Waals surface area contributed by atoms with Crippen molar-refractivity contribution in [2.24, 2.45) is 0 Å². The van der Waals surface area contributed by atoms with E-state index in [1.807, 2.05) is 0 Å². The number of carboxylic acid groups (broad SMARTS) is 1. The average Bonchev–Trinajstić information content (AvgIpc) is 2.67. The van der Waals surface area contributed by atoms with Gasteiger partial charge in [0.25, 0.3) is 0 Å². The molecule has 1 fully saturated rings. The second-order valence-electron chi connectivity index (χ2n) is 4.75. The lowest BCUT2D eigenvalue weighted by atomic mass is 10.0. The van der Waals surface area contributed by atoms with Crippen LogP contribution < -0.4 is 5.32 Å². The van der Waals surface area contributed by atoms with Gasteiger partial charge in [0.05, 0.1) is 10.6 Å². The van der Waals surface area contributed by atoms with Gasteiger partial charge in [0.15, 0.2) is 0 Å². The van der Waals surface area contributed by atoms with Gasteiger partial charge in [-0.2, -0.15) is 0 Å². The average molecular weight is 255 g/mol. The summed E-state index contributed by atoms with van der Waals surface area (Å²) in [5.74, 6) is -0.451. The Kier molecular flexibility index (Phi) is 3.24. The van der Waals surface area contributed by atoms with Crippen molar-refractivity contribution in [3.63, 3.8) is 0 Å². The van der Waals surface area contributed by atoms with Crippen LogP contribution >= 0.6 is 11.6 Å². The number of hydrogen-bond acceptors (Lipinski definition) is 3. The van der Waals surface area contributed by atoms with E-state index in [9.17, 15) is 4.79 Å². The molecule has 1 aliphatic rings. The zero-order valence-electron chi connectivity index (χ0n) is 9.66. The van der Waals surface area contributed by atoms with Gasteiger partial charge in [0.1, 0.15) is 5.82 Å². The minimum Gasteiger partial charge on any atom is -0.478 e. The number of pyridine rings is 1. The molecule has 0 saturated heterocycles. The molecule has 4 nitrogen and oxygen atoms in total. The summed E-state index contributed by atoms with van der Waals surface area (Å²) >= 11 is 5.77. The van der Waals surface area contributed by atoms with Crippen molar-refractivity contribution >= 4 is 23.4 Å². The van der Waals surface area contributed by atoms with Crippen LogP contribution in [0.4, 0.5) is 5.82 Å². The molecular formula is C12H15ClN2O2. The van der Waals surface area contributed by atoms with Crippen LogP contribution in [0.1, 0.15) is 43.0 Å². The molecule has 2 rings (SSSR count). The van der Waals surface area contributed by atoms with Crippen LogP contribution in [-0.2, 0) is 0 Å². The minimum atomic E-state index is -1.03. The van der Waals surface area contributed by atoms with Crippen molar-refractivity contribution in [2.75, 3.05) is 5.32 Å². The lowest BCUT2D eigenvalue weighted by molar-refractivity contribution is 0.0697. The lowest BCUT2D eigenvalue weighted by Crippen LogP contribution is -2.31. The molecule has 1 aromatic rings. The van der Waals surface area contributed by atoms with Crippen LogP contribution in [0, 0.1) is 0 Å². The van der Waals surface area contributed by atoms with Gasteiger partial charge in [-0.3, -0.25) is 0 Å². The van der Waals surface area contributed by atoms with Crippen molar-refractivity contribution in [3.05, 3.63) is 22.8 Å². The highest BCUT2D eigenvalue weighted by Gasteiger charge is 2.28. The molecule has 1 heterocycles. The van der Waals surface area contributed by atoms with E-state index >= 15 is 0 Å². The van der Waals surface area contributed by atoms with Gasteiger partial charge in [-0.25, -0.2) is 9.78 Å². The summed E-state index contributed by atoms with van der Waals surface area (Å²) in [7, 11) is 0. The number of rotatable bonds is 3. The topological polar surface area (TPSA) is 62.2 Å². The molecule has 92 valence electrons. The fourth-order valence-corrected chi connectivity index (χ4v) is 2.44. The molecule has 1 saturated carbocycles. The maximum absolute atomic E-state index is 11.0. The van der Waals surface area contributed by atoms with E-state index < -0.39 is 5.97 Å². The van der Waals surface area contributed by atoms with Crippen LogP contribution in [-0.4, -0.2) is 21.6 Å². The van der Waals surface area contributed by atoms with E-state index in [2.05, 4.69) is 17.2 Å². The molecule has 17 heavy (non-hydrogen) atoms. The van der Waals surface area contributed by atoms with Crippen molar-refractivity contribution in [1.82, 2.24) is 4.98 Å². The number of carboxylic acids is 1. The molecule has 0 aromatic carbocycles. The Labute approximate surface area is 105 Å². The predicted molar refractivity (Wildman–Crippen MR) is 66.7 cm³/mol. The van der Waals surface area contributed by atoms with Crippen molar-refractivity contribution in [1.29, 1.82) is 0 Å². The molecule has 1 aliphatic carbocycles. The molecule has 0 aliphatic heterocycles. The third kappa shape index (κ3) is 2.69. The largest absolute Gasteiger partial charge is 0.478 e. The Morgan fingerprint density at radius 1 is 1.53 bits per heavy atom. The first-order valence-electron chi connectivity index (χ1n) is 5.67. The molecule has 0 amide bonds. The molecule has 5 heteroatoms. The molecule has 0 bridgehead atoms. The Balaban J connectivity index is 2.22. The fourth-order valence-electron chi connectivity index (χ4n) is 2.26. The van der Waals surface area contributed by atoms with Crippen LogP contribution in [0.15, 0.2) is 12.3 Å². The van der Waals surface area contributed by atoms with E-state index in [4.69, 9.17) is 16.7 Å². The third-order valence-corrected chi connectivity index (χ3v) is 3.52. The summed E-state index contributed by atoms with van der Waals surface area (Å²) in [6.07, 6.45) is 5.94. The second-order valence-corrected chi connectivity index (χ2v) is 5.15. The lowest BCUT2D eigenvalue weighted by Gasteiger charge is -2.26. The first-order chi connectivity index (χ1) is 8.00. The smallest absolute Gasteiger partial charge is 0.337 e. The van der Waals surface area contributed by atoms with Gasteiger partial charge in [0.2, 0.25) is 0 Å². The molecule has 1 aromatic heterocycles. The SMILES string of the molecule is CC1(Nc2cc(C(=O)O)c(Cl)cn2)CCCC1. The number of hydrogen-bond donors (Lipinski definition) is 2. The summed E-state index contributed by atoms with van der Waals surface area (Å²) in [6.45, 7) is 2.14. The number of carbonyl (C=O) groups is 1. The van der Waals surface area contributed by atoms with Crippen LogP contribution in [0.3, 0.4) is 0 Å². The van der Waals surface area contributed by atoms with E-state index in [1.165, 1.54) is 25.1 Å². The molecule has 0 atom stereocenters. The van der Waals surface area contributed by atoms with Crippen LogP contribution in [0.5, 0.6) is 0 Å². The van der Waals surface area contributed by atoms with Crippen molar-refractivity contribution < 1.29 is 9.90 Å². The van der Waals surface area contributed by atoms with Crippen molar-refractivity contribution in [2.45, 2.75) is 38.1 Å². The highest BCUT2D eigenvalue weighted by molar-refractivity contribution is 6.33. The van der Waals surface area contributed by atoms with Gasteiger partial charge in [0, 0.05) is 11.7 Å². The van der Waals surface area contributed by atoms with Crippen LogP contribution in [0.25, 0.3) is 0 Å². The standard InChI is InChI=1S/C12H15ClN2O2/c1-12(4-2-3-5-12)15-10-6-8(11(16)17)9(13)7-14-10/h6-7H,2-5H2,1H3,(H,14,15)(H,16,17). The first kappa shape index (κ1) is 12.2. The Morgan fingerprint density at radius 2 is 2.18 bits per heavy atom. The van der Waals surface area contributed by atoms with Gasteiger partial charge in [-0.15, -0.1) is 0 Å². The molecule has 0 spiro atoms. The van der Waals surface area contributed by atoms with Gasteiger partial charge < -0.3 is 10.4 Å². The summed E-state index contributed by atoms with van der Waals surface area (Å²) in [6, 6.07) is 1.49. The number of aromatic carboxylic acids is 1. The Hall–Kier alpha value is -1.29. The van der Waals surface area contributed by atoms with Crippen LogP contribution in [0.2, 0.25) is 5.02 Å². The van der Waals surface area contributed by atoms with Crippen molar-refractivity contribution in [3.8, 4) is 0 Å². The van der Waals surface area contributed by atoms with Gasteiger partial charge >= 0.3 is 5.97 Å². The molecule has 0 unspecified atom stereocenters. The Bertz CT molecular complexity index is 442. The summed E-state index contributed by atoms with van der Waals surface area (Å²) in [4.78, 5) is 15.1. The van der Waals surface area contributed by atoms with E-state index in [0.717, 1.165) is 12.8 Å². The zero-order valence-corrected chi connectivity index (χ0v) is 10.4. The maximum Gasteiger partial charge on any atom is 0.337 e. The highest BCUT2D eigenvalue weighted by atomic mass is 35.5. The van der Waals surface area contributed by atoms with E-state index in [0.29, 0.717) is 5.82 Å². The quantitative estimate of drug-likeness (QED) is 0.870. The number of anilines is 1. The second kappa shape index (κ2) is 4.53. The zero-order chi connectivity index (χ0) is 12.5. The number of nitrogens with one attached hydrogen (secondary N) is 1. The number of halogens is 1.